The van der Waals surface area contributed by atoms with E-state index in [9.17, 15) is 19.2 Å². The number of benzene rings is 2. The number of rotatable bonds is 7. The normalized spacial score (nSPS) is 16.2. The van der Waals surface area contributed by atoms with E-state index < -0.39 is 17.1 Å². The number of imide groups is 1. The molecule has 0 aliphatic carbocycles. The van der Waals surface area contributed by atoms with Gasteiger partial charge in [0.25, 0.3) is 0 Å². The van der Waals surface area contributed by atoms with Gasteiger partial charge in [0.05, 0.1) is 18.0 Å². The van der Waals surface area contributed by atoms with Gasteiger partial charge in [-0.25, -0.2) is 9.69 Å². The van der Waals surface area contributed by atoms with E-state index in [4.69, 9.17) is 9.84 Å². The minimum absolute atomic E-state index is 0.0412. The Morgan fingerprint density at radius 1 is 1.17 bits per heavy atom. The molecule has 2 aromatic carbocycles. The number of carbonyl (C=O) groups excluding carboxylic acids is 3. The number of hydrogen-bond acceptors (Lipinski definition) is 6. The number of hydrogen-bond donors (Lipinski definition) is 2. The van der Waals surface area contributed by atoms with E-state index in [1.807, 2.05) is 0 Å². The molecule has 1 fully saturated rings. The van der Waals surface area contributed by atoms with Crippen LogP contribution in [0.15, 0.2) is 65.6 Å². The summed E-state index contributed by atoms with van der Waals surface area (Å²) in [5.74, 6) is -2.03. The fraction of sp³-hybridized carbons (Fsp3) is 0.143. The lowest BCUT2D eigenvalue weighted by atomic mass is 10.2. The standard InChI is InChI=1S/C21H18N2O6S/c1-29-16-8-3-2-7-15(16)23-19(25)12-17(21(23)28)30-14-6-4-5-13(11-14)22-18(24)9-10-20(26)27/h2-11,17H,12H2,1H3,(H,22,24)(H,26,27)/b10-9+. The lowest BCUT2D eigenvalue weighted by molar-refractivity contribution is -0.131. The van der Waals surface area contributed by atoms with Crippen LogP contribution in [0.4, 0.5) is 11.4 Å². The average Bonchev–Trinajstić information content (AvgIpc) is 2.99. The van der Waals surface area contributed by atoms with Gasteiger partial charge in [0.1, 0.15) is 5.75 Å². The number of carboxylic acid groups (broad SMARTS) is 1. The lowest BCUT2D eigenvalue weighted by Crippen LogP contribution is -2.31. The molecule has 1 aliphatic rings. The van der Waals surface area contributed by atoms with Crippen LogP contribution in [-0.2, 0) is 19.2 Å². The van der Waals surface area contributed by atoms with Crippen LogP contribution in [0.1, 0.15) is 6.42 Å². The van der Waals surface area contributed by atoms with Crippen LogP contribution >= 0.6 is 11.8 Å². The van der Waals surface area contributed by atoms with Gasteiger partial charge in [0.15, 0.2) is 0 Å². The maximum atomic E-state index is 12.9. The summed E-state index contributed by atoms with van der Waals surface area (Å²) in [6, 6.07) is 13.6. The van der Waals surface area contributed by atoms with Crippen molar-refractivity contribution in [3.05, 3.63) is 60.7 Å². The summed E-state index contributed by atoms with van der Waals surface area (Å²) >= 11 is 1.22. The molecule has 3 amide bonds. The van der Waals surface area contributed by atoms with Gasteiger partial charge in [-0.3, -0.25) is 14.4 Å². The molecule has 8 nitrogen and oxygen atoms in total. The van der Waals surface area contributed by atoms with E-state index in [-0.39, 0.29) is 18.2 Å². The number of ether oxygens (including phenoxy) is 1. The number of para-hydroxylation sites is 2. The third-order valence-corrected chi connectivity index (χ3v) is 5.37. The highest BCUT2D eigenvalue weighted by atomic mass is 32.2. The summed E-state index contributed by atoms with van der Waals surface area (Å²) in [4.78, 5) is 49.5. The van der Waals surface area contributed by atoms with Crippen LogP contribution in [0.3, 0.4) is 0 Å². The summed E-state index contributed by atoms with van der Waals surface area (Å²) in [5, 5.41) is 10.5. The molecule has 1 atom stereocenters. The molecule has 1 unspecified atom stereocenters. The average molecular weight is 426 g/mol. The van der Waals surface area contributed by atoms with Crippen molar-refractivity contribution >= 4 is 46.8 Å². The zero-order valence-corrected chi connectivity index (χ0v) is 16.7. The van der Waals surface area contributed by atoms with Crippen molar-refractivity contribution in [3.8, 4) is 5.75 Å². The zero-order valence-electron chi connectivity index (χ0n) is 15.9. The maximum Gasteiger partial charge on any atom is 0.328 e. The summed E-state index contributed by atoms with van der Waals surface area (Å²) in [6.07, 6.45) is 1.69. The molecule has 0 bridgehead atoms. The molecule has 3 rings (SSSR count). The van der Waals surface area contributed by atoms with Gasteiger partial charge < -0.3 is 15.2 Å². The first-order valence-electron chi connectivity index (χ1n) is 8.87. The summed E-state index contributed by atoms with van der Waals surface area (Å²) in [5.41, 5.74) is 0.850. The number of methoxy groups -OCH3 is 1. The van der Waals surface area contributed by atoms with Crippen LogP contribution < -0.4 is 15.0 Å². The molecule has 0 saturated carbocycles. The highest BCUT2D eigenvalue weighted by Gasteiger charge is 2.41. The topological polar surface area (TPSA) is 113 Å². The van der Waals surface area contributed by atoms with Crippen LogP contribution in [0.2, 0.25) is 0 Å². The Labute approximate surface area is 176 Å². The van der Waals surface area contributed by atoms with Gasteiger partial charge in [0, 0.05) is 29.2 Å². The fourth-order valence-electron chi connectivity index (χ4n) is 2.91. The van der Waals surface area contributed by atoms with E-state index in [0.29, 0.717) is 22.0 Å². The Morgan fingerprint density at radius 2 is 1.93 bits per heavy atom. The molecule has 0 radical (unpaired) electrons. The van der Waals surface area contributed by atoms with Crippen LogP contribution in [0.25, 0.3) is 0 Å². The van der Waals surface area contributed by atoms with E-state index in [2.05, 4.69) is 5.32 Å². The molecular formula is C21H18N2O6S. The minimum Gasteiger partial charge on any atom is -0.495 e. The summed E-state index contributed by atoms with van der Waals surface area (Å²) < 4.78 is 5.26. The van der Waals surface area contributed by atoms with Gasteiger partial charge in [-0.1, -0.05) is 18.2 Å². The Kier molecular flexibility index (Phi) is 6.53. The quantitative estimate of drug-likeness (QED) is 0.517. The van der Waals surface area contributed by atoms with Crippen LogP contribution in [0, 0.1) is 0 Å². The molecule has 0 spiro atoms. The van der Waals surface area contributed by atoms with Gasteiger partial charge in [0.2, 0.25) is 17.7 Å². The predicted molar refractivity (Wildman–Crippen MR) is 112 cm³/mol. The van der Waals surface area contributed by atoms with Gasteiger partial charge >= 0.3 is 5.97 Å². The largest absolute Gasteiger partial charge is 0.495 e. The second-order valence-electron chi connectivity index (χ2n) is 6.24. The van der Waals surface area contributed by atoms with Crippen molar-refractivity contribution in [2.24, 2.45) is 0 Å². The second kappa shape index (κ2) is 9.27. The van der Waals surface area contributed by atoms with Crippen LogP contribution in [0.5, 0.6) is 5.75 Å². The van der Waals surface area contributed by atoms with Crippen LogP contribution in [-0.4, -0.2) is 41.2 Å². The third-order valence-electron chi connectivity index (χ3n) is 4.19. The SMILES string of the molecule is COc1ccccc1N1C(=O)CC(Sc2cccc(NC(=O)/C=C/C(=O)O)c2)C1=O. The molecular weight excluding hydrogens is 408 g/mol. The number of nitrogens with one attached hydrogen (secondary N) is 1. The number of anilines is 2. The van der Waals surface area contributed by atoms with Crippen molar-refractivity contribution < 1.29 is 29.0 Å². The highest BCUT2D eigenvalue weighted by molar-refractivity contribution is 8.00. The smallest absolute Gasteiger partial charge is 0.328 e. The number of amides is 3. The molecule has 1 aliphatic heterocycles. The molecule has 9 heteroatoms. The Morgan fingerprint density at radius 3 is 2.67 bits per heavy atom. The van der Waals surface area contributed by atoms with Crippen molar-refractivity contribution in [1.29, 1.82) is 0 Å². The molecule has 0 aromatic heterocycles. The molecule has 154 valence electrons. The first-order valence-corrected chi connectivity index (χ1v) is 9.75. The van der Waals surface area contributed by atoms with E-state index in [0.717, 1.165) is 17.1 Å². The monoisotopic (exact) mass is 426 g/mol. The van der Waals surface area contributed by atoms with Crippen molar-refractivity contribution in [2.45, 2.75) is 16.6 Å². The van der Waals surface area contributed by atoms with Crippen molar-refractivity contribution in [1.82, 2.24) is 0 Å². The minimum atomic E-state index is -1.22. The number of aliphatic carboxylic acids is 1. The molecule has 2 aromatic rings. The van der Waals surface area contributed by atoms with Gasteiger partial charge in [-0.2, -0.15) is 0 Å². The number of carboxylic acids is 1. The van der Waals surface area contributed by atoms with Gasteiger partial charge in [-0.15, -0.1) is 11.8 Å². The Balaban J connectivity index is 1.73. The summed E-state index contributed by atoms with van der Waals surface area (Å²) in [6.45, 7) is 0. The Hall–Kier alpha value is -3.59. The highest BCUT2D eigenvalue weighted by Crippen LogP contribution is 2.37. The fourth-order valence-corrected chi connectivity index (χ4v) is 4.02. The van der Waals surface area contributed by atoms with Gasteiger partial charge in [-0.05, 0) is 30.3 Å². The molecule has 1 saturated heterocycles. The van der Waals surface area contributed by atoms with E-state index in [1.54, 1.807) is 48.5 Å². The Bertz CT molecular complexity index is 1040. The predicted octanol–water partition coefficient (Wildman–Crippen LogP) is 2.70. The number of nitrogens with zero attached hydrogens (tertiary/aromatic N) is 1. The van der Waals surface area contributed by atoms with E-state index >= 15 is 0 Å². The van der Waals surface area contributed by atoms with E-state index in [1.165, 1.54) is 18.9 Å². The third kappa shape index (κ3) is 4.87. The first-order chi connectivity index (χ1) is 14.4. The second-order valence-corrected chi connectivity index (χ2v) is 7.51. The van der Waals surface area contributed by atoms with Crippen molar-refractivity contribution in [2.75, 3.05) is 17.3 Å². The molecule has 30 heavy (non-hydrogen) atoms. The van der Waals surface area contributed by atoms with Crippen molar-refractivity contribution in [3.63, 3.8) is 0 Å². The zero-order chi connectivity index (χ0) is 21.7. The molecule has 2 N–H and O–H groups in total. The first kappa shape index (κ1) is 21.1. The lowest BCUT2D eigenvalue weighted by Gasteiger charge is -2.17. The summed E-state index contributed by atoms with van der Waals surface area (Å²) in [7, 11) is 1.47. The number of thioether (sulfide) groups is 1. The number of carbonyl (C=O) groups is 4. The maximum absolute atomic E-state index is 12.9. The molecule has 1 heterocycles.